The Hall–Kier alpha value is -3.85. The molecule has 6 heteroatoms. The van der Waals surface area contributed by atoms with Crippen LogP contribution in [-0.2, 0) is 0 Å². The maximum Gasteiger partial charge on any atom is 0.257 e. The molecule has 29 heavy (non-hydrogen) atoms. The summed E-state index contributed by atoms with van der Waals surface area (Å²) in [6.45, 7) is 1.64. The van der Waals surface area contributed by atoms with Gasteiger partial charge in [-0.3, -0.25) is 4.79 Å². The smallest absolute Gasteiger partial charge is 0.257 e. The first-order chi connectivity index (χ1) is 14.1. The van der Waals surface area contributed by atoms with Crippen LogP contribution in [0.15, 0.2) is 73.1 Å². The van der Waals surface area contributed by atoms with Crippen LogP contribution in [0, 0.1) is 17.1 Å². The lowest BCUT2D eigenvalue weighted by Crippen LogP contribution is -2.27. The van der Waals surface area contributed by atoms with Crippen LogP contribution in [0.5, 0.6) is 0 Å². The number of benzene rings is 2. The van der Waals surface area contributed by atoms with Crippen LogP contribution < -0.4 is 10.2 Å². The number of nitriles is 1. The second kappa shape index (κ2) is 8.03. The molecule has 0 atom stereocenters. The summed E-state index contributed by atoms with van der Waals surface area (Å²) >= 11 is 0. The molecule has 4 rings (SSSR count). The fourth-order valence-electron chi connectivity index (χ4n) is 3.35. The van der Waals surface area contributed by atoms with Crippen molar-refractivity contribution in [3.8, 4) is 11.8 Å². The molecule has 1 N–H and O–H groups in total. The van der Waals surface area contributed by atoms with E-state index in [1.165, 1.54) is 12.1 Å². The van der Waals surface area contributed by atoms with Crippen LogP contribution in [0.3, 0.4) is 0 Å². The molecule has 1 aliphatic heterocycles. The molecule has 1 aliphatic rings. The molecule has 0 spiro atoms. The quantitative estimate of drug-likeness (QED) is 0.671. The van der Waals surface area contributed by atoms with E-state index in [9.17, 15) is 14.4 Å². The van der Waals surface area contributed by atoms with Crippen LogP contribution in [0.25, 0.3) is 5.69 Å². The molecule has 1 amide bonds. The van der Waals surface area contributed by atoms with Gasteiger partial charge in [0.2, 0.25) is 0 Å². The number of nitrogens with one attached hydrogen (secondary N) is 1. The summed E-state index contributed by atoms with van der Waals surface area (Å²) < 4.78 is 14.8. The van der Waals surface area contributed by atoms with Crippen LogP contribution in [0.1, 0.15) is 22.3 Å². The standard InChI is InChI=1S/C23H19FN4O/c24-19-4-7-21(8-5-19)28-13-10-17(16-28)23(29)26-20-6-9-22(18(14-20)15-25)27-11-2-1-3-12-27/h1-2,4-10,13-14,16H,3,11-12H2,(H,26,29). The van der Waals surface area contributed by atoms with Gasteiger partial charge >= 0.3 is 0 Å². The summed E-state index contributed by atoms with van der Waals surface area (Å²) in [4.78, 5) is 14.8. The number of halogens is 1. The van der Waals surface area contributed by atoms with E-state index in [2.05, 4.69) is 28.4 Å². The van der Waals surface area contributed by atoms with Crippen LogP contribution >= 0.6 is 0 Å². The summed E-state index contributed by atoms with van der Waals surface area (Å²) in [6.07, 6.45) is 8.60. The zero-order valence-corrected chi connectivity index (χ0v) is 15.7. The van der Waals surface area contributed by atoms with Gasteiger partial charge < -0.3 is 14.8 Å². The summed E-state index contributed by atoms with van der Waals surface area (Å²) in [7, 11) is 0. The normalized spacial score (nSPS) is 13.2. The molecule has 0 fully saturated rings. The number of hydrogen-bond donors (Lipinski definition) is 1. The van der Waals surface area contributed by atoms with Crippen molar-refractivity contribution in [2.75, 3.05) is 23.3 Å². The van der Waals surface area contributed by atoms with E-state index in [1.807, 2.05) is 12.1 Å². The first-order valence-electron chi connectivity index (χ1n) is 9.33. The number of anilines is 2. The van der Waals surface area contributed by atoms with Gasteiger partial charge in [0, 0.05) is 36.9 Å². The predicted molar refractivity (Wildman–Crippen MR) is 111 cm³/mol. The zero-order valence-electron chi connectivity index (χ0n) is 15.7. The Kier molecular flexibility index (Phi) is 5.12. The summed E-state index contributed by atoms with van der Waals surface area (Å²) in [5, 5.41) is 12.4. The minimum absolute atomic E-state index is 0.275. The number of amides is 1. The number of nitrogens with zero attached hydrogens (tertiary/aromatic N) is 3. The van der Waals surface area contributed by atoms with Crippen molar-refractivity contribution in [1.82, 2.24) is 4.57 Å². The van der Waals surface area contributed by atoms with E-state index in [0.717, 1.165) is 30.9 Å². The van der Waals surface area contributed by atoms with Crippen LogP contribution in [-0.4, -0.2) is 23.6 Å². The maximum atomic E-state index is 13.1. The first kappa shape index (κ1) is 18.5. The summed E-state index contributed by atoms with van der Waals surface area (Å²) in [6, 6.07) is 15.3. The molecule has 2 aromatic carbocycles. The average molecular weight is 386 g/mol. The minimum Gasteiger partial charge on any atom is -0.366 e. The summed E-state index contributed by atoms with van der Waals surface area (Å²) in [5.41, 5.74) is 3.20. The number of carbonyl (C=O) groups excluding carboxylic acids is 1. The molecule has 0 bridgehead atoms. The molecule has 2 heterocycles. The third-order valence-corrected chi connectivity index (χ3v) is 4.85. The molecule has 0 unspecified atom stereocenters. The van der Waals surface area contributed by atoms with Crippen molar-refractivity contribution in [3.63, 3.8) is 0 Å². The van der Waals surface area contributed by atoms with Gasteiger partial charge in [-0.2, -0.15) is 5.26 Å². The average Bonchev–Trinajstić information content (AvgIpc) is 3.25. The van der Waals surface area contributed by atoms with Crippen molar-refractivity contribution in [1.29, 1.82) is 5.26 Å². The fraction of sp³-hybridized carbons (Fsp3) is 0.130. The van der Waals surface area contributed by atoms with Gasteiger partial charge in [0.1, 0.15) is 11.9 Å². The molecule has 5 nitrogen and oxygen atoms in total. The van der Waals surface area contributed by atoms with E-state index >= 15 is 0 Å². The lowest BCUT2D eigenvalue weighted by Gasteiger charge is -2.26. The Morgan fingerprint density at radius 3 is 2.66 bits per heavy atom. The molecular weight excluding hydrogens is 367 g/mol. The second-order valence-corrected chi connectivity index (χ2v) is 6.79. The lowest BCUT2D eigenvalue weighted by molar-refractivity contribution is 0.102. The van der Waals surface area contributed by atoms with E-state index in [4.69, 9.17) is 0 Å². The van der Waals surface area contributed by atoms with Gasteiger partial charge in [-0.25, -0.2) is 4.39 Å². The van der Waals surface area contributed by atoms with Crippen molar-refractivity contribution in [2.24, 2.45) is 0 Å². The third-order valence-electron chi connectivity index (χ3n) is 4.85. The Morgan fingerprint density at radius 1 is 1.10 bits per heavy atom. The van der Waals surface area contributed by atoms with Gasteiger partial charge in [-0.05, 0) is 55.0 Å². The van der Waals surface area contributed by atoms with Crippen LogP contribution in [0.2, 0.25) is 0 Å². The van der Waals surface area contributed by atoms with Gasteiger partial charge in [-0.1, -0.05) is 12.2 Å². The summed E-state index contributed by atoms with van der Waals surface area (Å²) in [5.74, 6) is -0.584. The highest BCUT2D eigenvalue weighted by molar-refractivity contribution is 6.04. The first-order valence-corrected chi connectivity index (χ1v) is 9.33. The van der Waals surface area contributed by atoms with Crippen molar-refractivity contribution in [2.45, 2.75) is 6.42 Å². The second-order valence-electron chi connectivity index (χ2n) is 6.79. The molecule has 3 aromatic rings. The van der Waals surface area contributed by atoms with E-state index in [0.29, 0.717) is 16.8 Å². The molecular formula is C23H19FN4O. The number of aromatic nitrogens is 1. The molecule has 144 valence electrons. The fourth-order valence-corrected chi connectivity index (χ4v) is 3.35. The lowest BCUT2D eigenvalue weighted by atomic mass is 10.1. The third kappa shape index (κ3) is 4.04. The monoisotopic (exact) mass is 386 g/mol. The Morgan fingerprint density at radius 2 is 1.93 bits per heavy atom. The highest BCUT2D eigenvalue weighted by atomic mass is 19.1. The van der Waals surface area contributed by atoms with E-state index < -0.39 is 0 Å². The van der Waals surface area contributed by atoms with E-state index in [1.54, 1.807) is 41.2 Å². The Labute approximate surface area is 168 Å². The van der Waals surface area contributed by atoms with Gasteiger partial charge in [0.05, 0.1) is 16.8 Å². The van der Waals surface area contributed by atoms with Crippen molar-refractivity contribution >= 4 is 17.3 Å². The number of rotatable bonds is 4. The minimum atomic E-state index is -0.309. The van der Waals surface area contributed by atoms with Gasteiger partial charge in [-0.15, -0.1) is 0 Å². The highest BCUT2D eigenvalue weighted by Crippen LogP contribution is 2.25. The highest BCUT2D eigenvalue weighted by Gasteiger charge is 2.14. The Balaban J connectivity index is 1.50. The maximum absolute atomic E-state index is 13.1. The molecule has 0 saturated heterocycles. The predicted octanol–water partition coefficient (Wildman–Crippen LogP) is 4.51. The SMILES string of the molecule is N#Cc1cc(NC(=O)c2ccn(-c3ccc(F)cc3)c2)ccc1N1CC=CCC1. The molecule has 0 radical (unpaired) electrons. The zero-order chi connectivity index (χ0) is 20.2. The van der Waals surface area contributed by atoms with Gasteiger partial charge in [0.25, 0.3) is 5.91 Å². The number of carbonyl (C=O) groups is 1. The Bertz CT molecular complexity index is 1110. The van der Waals surface area contributed by atoms with E-state index in [-0.39, 0.29) is 11.7 Å². The number of hydrogen-bond acceptors (Lipinski definition) is 3. The van der Waals surface area contributed by atoms with Gasteiger partial charge in [0.15, 0.2) is 0 Å². The molecule has 0 aliphatic carbocycles. The molecule has 0 saturated carbocycles. The van der Waals surface area contributed by atoms with Crippen molar-refractivity contribution in [3.05, 3.63) is 90.0 Å². The van der Waals surface area contributed by atoms with Crippen LogP contribution in [0.4, 0.5) is 15.8 Å². The largest absolute Gasteiger partial charge is 0.366 e. The molecule has 1 aromatic heterocycles. The topological polar surface area (TPSA) is 61.1 Å². The van der Waals surface area contributed by atoms with Crippen molar-refractivity contribution < 1.29 is 9.18 Å².